The lowest BCUT2D eigenvalue weighted by Crippen LogP contribution is -2.26. The molecule has 1 aliphatic heterocycles. The number of benzene rings is 1. The number of ether oxygens (including phenoxy) is 1. The fourth-order valence-corrected chi connectivity index (χ4v) is 1.93. The number of anilines is 2. The number of hydrogen-bond donors (Lipinski definition) is 2. The molecule has 1 aromatic heterocycles. The number of amides is 2. The lowest BCUT2D eigenvalue weighted by Gasteiger charge is -2.17. The summed E-state index contributed by atoms with van der Waals surface area (Å²) in [4.78, 5) is 27.5. The molecule has 2 heterocycles. The first kappa shape index (κ1) is 13.1. The van der Waals surface area contributed by atoms with E-state index in [9.17, 15) is 9.59 Å². The van der Waals surface area contributed by atoms with E-state index in [-0.39, 0.29) is 18.4 Å². The molecule has 0 radical (unpaired) electrons. The Hall–Kier alpha value is -2.89. The third-order valence-electron chi connectivity index (χ3n) is 3.03. The molecule has 2 amide bonds. The van der Waals surface area contributed by atoms with Crippen molar-refractivity contribution in [1.82, 2.24) is 4.98 Å². The van der Waals surface area contributed by atoms with Gasteiger partial charge in [-0.25, -0.2) is 4.98 Å². The van der Waals surface area contributed by atoms with Crippen molar-refractivity contribution in [3.8, 4) is 5.75 Å². The largest absolute Gasteiger partial charge is 0.480 e. The van der Waals surface area contributed by atoms with E-state index in [4.69, 9.17) is 4.74 Å². The molecule has 0 aliphatic carbocycles. The van der Waals surface area contributed by atoms with Crippen LogP contribution in [0.25, 0.3) is 0 Å². The van der Waals surface area contributed by atoms with Gasteiger partial charge in [-0.2, -0.15) is 0 Å². The molecule has 106 valence electrons. The second-order valence-corrected chi connectivity index (χ2v) is 4.70. The van der Waals surface area contributed by atoms with Crippen LogP contribution in [0.4, 0.5) is 11.6 Å². The lowest BCUT2D eigenvalue weighted by molar-refractivity contribution is -0.118. The smallest absolute Gasteiger partial charge is 0.263 e. The predicted molar refractivity (Wildman–Crippen MR) is 77.5 cm³/mol. The van der Waals surface area contributed by atoms with Gasteiger partial charge in [0.2, 0.25) is 0 Å². The standard InChI is InChI=1S/C15H13N3O3/c1-9-2-4-10(5-3-9)15(20)17-12-7-6-11-14(16-12)18-13(19)8-21-11/h2-7H,8H2,1H3,(H2,16,17,18,19,20). The average Bonchev–Trinajstić information content (AvgIpc) is 2.47. The molecule has 0 saturated carbocycles. The van der Waals surface area contributed by atoms with Crippen LogP contribution in [0.5, 0.6) is 5.75 Å². The zero-order valence-corrected chi connectivity index (χ0v) is 11.3. The van der Waals surface area contributed by atoms with Gasteiger partial charge in [0.15, 0.2) is 18.2 Å². The molecule has 0 bridgehead atoms. The van der Waals surface area contributed by atoms with E-state index >= 15 is 0 Å². The van der Waals surface area contributed by atoms with E-state index in [0.717, 1.165) is 5.56 Å². The molecule has 6 nitrogen and oxygen atoms in total. The van der Waals surface area contributed by atoms with Gasteiger partial charge in [0.1, 0.15) is 5.82 Å². The molecular weight excluding hydrogens is 270 g/mol. The molecule has 0 saturated heterocycles. The minimum atomic E-state index is -0.267. The molecule has 0 atom stereocenters. The van der Waals surface area contributed by atoms with Gasteiger partial charge in [-0.1, -0.05) is 17.7 Å². The summed E-state index contributed by atoms with van der Waals surface area (Å²) in [5, 5.41) is 5.28. The van der Waals surface area contributed by atoms with Crippen molar-refractivity contribution >= 4 is 23.5 Å². The Labute approximate surface area is 121 Å². The van der Waals surface area contributed by atoms with Crippen molar-refractivity contribution in [2.75, 3.05) is 17.2 Å². The van der Waals surface area contributed by atoms with E-state index in [1.54, 1.807) is 24.3 Å². The fraction of sp³-hybridized carbons (Fsp3) is 0.133. The summed E-state index contributed by atoms with van der Waals surface area (Å²) in [6.07, 6.45) is 0. The summed E-state index contributed by atoms with van der Waals surface area (Å²) in [7, 11) is 0. The molecule has 21 heavy (non-hydrogen) atoms. The van der Waals surface area contributed by atoms with Crippen molar-refractivity contribution in [2.45, 2.75) is 6.92 Å². The summed E-state index contributed by atoms with van der Waals surface area (Å²) in [5.74, 6) is 0.628. The van der Waals surface area contributed by atoms with Crippen LogP contribution in [0.15, 0.2) is 36.4 Å². The van der Waals surface area contributed by atoms with Crippen LogP contribution < -0.4 is 15.4 Å². The van der Waals surface area contributed by atoms with Gasteiger partial charge in [-0.15, -0.1) is 0 Å². The molecule has 1 aliphatic rings. The Balaban J connectivity index is 1.79. The maximum Gasteiger partial charge on any atom is 0.263 e. The van der Waals surface area contributed by atoms with E-state index in [1.165, 1.54) is 0 Å². The normalized spacial score (nSPS) is 12.9. The van der Waals surface area contributed by atoms with Crippen LogP contribution in [-0.2, 0) is 4.79 Å². The number of carbonyl (C=O) groups excluding carboxylic acids is 2. The van der Waals surface area contributed by atoms with Crippen molar-refractivity contribution in [1.29, 1.82) is 0 Å². The van der Waals surface area contributed by atoms with E-state index in [1.807, 2.05) is 19.1 Å². The summed E-state index contributed by atoms with van der Waals surface area (Å²) in [6, 6.07) is 10.5. The van der Waals surface area contributed by atoms with Gasteiger partial charge < -0.3 is 15.4 Å². The number of rotatable bonds is 2. The topological polar surface area (TPSA) is 80.3 Å². The number of aromatic nitrogens is 1. The molecule has 3 rings (SSSR count). The maximum atomic E-state index is 12.1. The van der Waals surface area contributed by atoms with Gasteiger partial charge in [-0.3, -0.25) is 9.59 Å². The molecule has 2 N–H and O–H groups in total. The molecule has 1 aromatic carbocycles. The number of fused-ring (bicyclic) bond motifs is 1. The van der Waals surface area contributed by atoms with Crippen LogP contribution in [0, 0.1) is 6.92 Å². The minimum Gasteiger partial charge on any atom is -0.480 e. The SMILES string of the molecule is Cc1ccc(C(=O)Nc2ccc3c(n2)NC(=O)CO3)cc1. The molecule has 0 unspecified atom stereocenters. The Kier molecular flexibility index (Phi) is 3.27. The molecular formula is C15H13N3O3. The van der Waals surface area contributed by atoms with Crippen LogP contribution >= 0.6 is 0 Å². The Bertz CT molecular complexity index is 711. The highest BCUT2D eigenvalue weighted by Gasteiger charge is 2.18. The molecule has 0 fully saturated rings. The predicted octanol–water partition coefficient (Wildman–Crippen LogP) is 1.97. The molecule has 2 aromatic rings. The minimum absolute atomic E-state index is 0.0241. The third kappa shape index (κ3) is 2.84. The summed E-state index contributed by atoms with van der Waals surface area (Å²) >= 11 is 0. The highest BCUT2D eigenvalue weighted by molar-refractivity contribution is 6.04. The zero-order valence-electron chi connectivity index (χ0n) is 11.3. The van der Waals surface area contributed by atoms with E-state index in [2.05, 4.69) is 15.6 Å². The first-order valence-electron chi connectivity index (χ1n) is 6.43. The summed E-state index contributed by atoms with van der Waals surface area (Å²) < 4.78 is 5.21. The van der Waals surface area contributed by atoms with Crippen molar-refractivity contribution in [2.24, 2.45) is 0 Å². The summed E-state index contributed by atoms with van der Waals surface area (Å²) in [6.45, 7) is 1.93. The third-order valence-corrected chi connectivity index (χ3v) is 3.03. The van der Waals surface area contributed by atoms with Crippen molar-refractivity contribution < 1.29 is 14.3 Å². The fourth-order valence-electron chi connectivity index (χ4n) is 1.93. The Morgan fingerprint density at radius 2 is 2.00 bits per heavy atom. The number of hydrogen-bond acceptors (Lipinski definition) is 4. The van der Waals surface area contributed by atoms with E-state index < -0.39 is 0 Å². The van der Waals surface area contributed by atoms with Gasteiger partial charge >= 0.3 is 0 Å². The van der Waals surface area contributed by atoms with Crippen LogP contribution in [0.1, 0.15) is 15.9 Å². The second-order valence-electron chi connectivity index (χ2n) is 4.70. The highest BCUT2D eigenvalue weighted by Crippen LogP contribution is 2.26. The van der Waals surface area contributed by atoms with Gasteiger partial charge in [0, 0.05) is 5.56 Å². The van der Waals surface area contributed by atoms with Crippen molar-refractivity contribution in [3.05, 3.63) is 47.5 Å². The monoisotopic (exact) mass is 283 g/mol. The van der Waals surface area contributed by atoms with Gasteiger partial charge in [-0.05, 0) is 31.2 Å². The van der Waals surface area contributed by atoms with Crippen LogP contribution in [-0.4, -0.2) is 23.4 Å². The summed E-state index contributed by atoms with van der Waals surface area (Å²) in [5.41, 5.74) is 1.62. The second kappa shape index (κ2) is 5.24. The Morgan fingerprint density at radius 1 is 1.24 bits per heavy atom. The highest BCUT2D eigenvalue weighted by atomic mass is 16.5. The van der Waals surface area contributed by atoms with Gasteiger partial charge in [0.05, 0.1) is 0 Å². The quantitative estimate of drug-likeness (QED) is 0.883. The number of pyridine rings is 1. The number of carbonyl (C=O) groups is 2. The number of nitrogens with zero attached hydrogens (tertiary/aromatic N) is 1. The molecule has 0 spiro atoms. The Morgan fingerprint density at radius 3 is 2.76 bits per heavy atom. The van der Waals surface area contributed by atoms with Crippen LogP contribution in [0.3, 0.4) is 0 Å². The number of nitrogens with one attached hydrogen (secondary N) is 2. The first-order valence-corrected chi connectivity index (χ1v) is 6.43. The van der Waals surface area contributed by atoms with Crippen molar-refractivity contribution in [3.63, 3.8) is 0 Å². The van der Waals surface area contributed by atoms with Crippen LogP contribution in [0.2, 0.25) is 0 Å². The van der Waals surface area contributed by atoms with E-state index in [0.29, 0.717) is 22.9 Å². The molecule has 6 heteroatoms. The zero-order chi connectivity index (χ0) is 14.8. The maximum absolute atomic E-state index is 12.1. The number of aryl methyl sites for hydroxylation is 1. The first-order chi connectivity index (χ1) is 10.1. The lowest BCUT2D eigenvalue weighted by atomic mass is 10.1. The average molecular weight is 283 g/mol. The van der Waals surface area contributed by atoms with Gasteiger partial charge in [0.25, 0.3) is 11.8 Å².